The fourth-order valence-corrected chi connectivity index (χ4v) is 3.28. The van der Waals surface area contributed by atoms with Gasteiger partial charge in [0.1, 0.15) is 49.3 Å². The van der Waals surface area contributed by atoms with Gasteiger partial charge in [-0.05, 0) is 0 Å². The molecule has 0 aromatic carbocycles. The van der Waals surface area contributed by atoms with Crippen LogP contribution < -0.4 is 22.8 Å². The number of aliphatic hydroxyl groups is 7. The summed E-state index contributed by atoms with van der Waals surface area (Å²) in [6, 6.07) is 0. The highest BCUT2D eigenvalue weighted by atomic mass is 32.3. The number of nitrogens with two attached hydrogens (primary N) is 2. The molecule has 4 rings (SSSR count). The van der Waals surface area contributed by atoms with E-state index < -0.39 is 84.1 Å². The number of aromatic nitrogens is 6. The molecular formula is C17H30N8O15S. The Morgan fingerprint density at radius 3 is 1.27 bits per heavy atom. The molecular weight excluding hydrogens is 588 g/mol. The SMILES string of the molecule is CO.Nc1ncn([C@@H]2O[C@H](CO)[C@@H](O)[C@H]2O)c(=O)n1.Nc1ncn([C@@H]2O[C@H](CO)[C@@H](O)[C@H]2O)c(=O)n1.O=S(=O)(O)O. The Balaban J connectivity index is 0.000000336. The second kappa shape index (κ2) is 15.7. The molecule has 0 bridgehead atoms. The van der Waals surface area contributed by atoms with Crippen LogP contribution in [0.4, 0.5) is 11.9 Å². The number of anilines is 2. The first kappa shape index (κ1) is 35.8. The van der Waals surface area contributed by atoms with Gasteiger partial charge in [-0.15, -0.1) is 0 Å². The fourth-order valence-electron chi connectivity index (χ4n) is 3.28. The second-order valence-corrected chi connectivity index (χ2v) is 8.61. The zero-order chi connectivity index (χ0) is 31.7. The lowest BCUT2D eigenvalue weighted by molar-refractivity contribution is -0.0554. The van der Waals surface area contributed by atoms with Crippen LogP contribution in [0, 0.1) is 0 Å². The lowest BCUT2D eigenvalue weighted by atomic mass is 10.1. The lowest BCUT2D eigenvalue weighted by Crippen LogP contribution is -2.36. The van der Waals surface area contributed by atoms with Crippen molar-refractivity contribution in [3.8, 4) is 0 Å². The van der Waals surface area contributed by atoms with Crippen molar-refractivity contribution in [1.29, 1.82) is 0 Å². The molecule has 2 saturated heterocycles. The molecule has 13 N–H and O–H groups in total. The van der Waals surface area contributed by atoms with E-state index in [1.807, 2.05) is 0 Å². The van der Waals surface area contributed by atoms with Crippen molar-refractivity contribution in [1.82, 2.24) is 29.1 Å². The summed E-state index contributed by atoms with van der Waals surface area (Å²) in [5, 5.41) is 63.2. The van der Waals surface area contributed by atoms with Gasteiger partial charge in [0, 0.05) is 7.11 Å². The van der Waals surface area contributed by atoms with E-state index in [1.165, 1.54) is 0 Å². The summed E-state index contributed by atoms with van der Waals surface area (Å²) in [6.07, 6.45) is -7.35. The zero-order valence-electron chi connectivity index (χ0n) is 20.9. The minimum absolute atomic E-state index is 0.196. The standard InChI is InChI=1S/2C8H12N4O5.CH4O.H2O4S/c2*9-7-10-2-12(8(16)11-7)6-5(15)4(14)3(1-13)17-6;1-2;1-5(2,3)4/h2*2-6,13-15H,1H2,(H2,9,11,16);2H,1H3;(H2,1,2,3,4)/t2*3-,4-,5-,6-;;/m11../s1. The van der Waals surface area contributed by atoms with E-state index in [0.29, 0.717) is 0 Å². The predicted molar refractivity (Wildman–Crippen MR) is 130 cm³/mol. The van der Waals surface area contributed by atoms with Crippen LogP contribution in [0.25, 0.3) is 0 Å². The van der Waals surface area contributed by atoms with Gasteiger partial charge in [0.25, 0.3) is 0 Å². The number of nitrogen functional groups attached to an aromatic ring is 2. The van der Waals surface area contributed by atoms with Crippen LogP contribution in [0.2, 0.25) is 0 Å². The van der Waals surface area contributed by atoms with Crippen molar-refractivity contribution in [2.24, 2.45) is 0 Å². The lowest BCUT2D eigenvalue weighted by Gasteiger charge is -2.16. The molecule has 23 nitrogen and oxygen atoms in total. The largest absolute Gasteiger partial charge is 0.400 e. The maximum absolute atomic E-state index is 11.5. The average Bonchev–Trinajstić information content (AvgIpc) is 3.34. The third-order valence-electron chi connectivity index (χ3n) is 5.07. The number of ether oxygens (including phenoxy) is 2. The van der Waals surface area contributed by atoms with Crippen molar-refractivity contribution in [3.63, 3.8) is 0 Å². The Bertz CT molecular complexity index is 1230. The molecule has 8 atom stereocenters. The minimum Gasteiger partial charge on any atom is -0.400 e. The smallest absolute Gasteiger partial charge is 0.394 e. The first-order valence-corrected chi connectivity index (χ1v) is 12.3. The summed E-state index contributed by atoms with van der Waals surface area (Å²) in [5.41, 5.74) is 8.91. The number of nitrogens with zero attached hydrogens (tertiary/aromatic N) is 6. The van der Waals surface area contributed by atoms with Crippen LogP contribution in [0.3, 0.4) is 0 Å². The Labute approximate surface area is 229 Å². The van der Waals surface area contributed by atoms with E-state index in [0.717, 1.165) is 28.9 Å². The summed E-state index contributed by atoms with van der Waals surface area (Å²) in [6.45, 7) is -0.946. The molecule has 2 aromatic heterocycles. The topological polar surface area (TPSA) is 382 Å². The first-order chi connectivity index (χ1) is 19.1. The molecule has 4 heterocycles. The Morgan fingerprint density at radius 2 is 1.05 bits per heavy atom. The molecule has 0 unspecified atom stereocenters. The molecule has 41 heavy (non-hydrogen) atoms. The van der Waals surface area contributed by atoms with Crippen molar-refractivity contribution in [2.45, 2.75) is 49.1 Å². The van der Waals surface area contributed by atoms with Gasteiger partial charge in [0.2, 0.25) is 11.9 Å². The highest BCUT2D eigenvalue weighted by Crippen LogP contribution is 2.28. The maximum atomic E-state index is 11.5. The Morgan fingerprint density at radius 1 is 0.756 bits per heavy atom. The second-order valence-electron chi connectivity index (χ2n) is 7.71. The Kier molecular flexibility index (Phi) is 13.7. The van der Waals surface area contributed by atoms with E-state index in [1.54, 1.807) is 0 Å². The molecule has 0 spiro atoms. The van der Waals surface area contributed by atoms with Crippen molar-refractivity contribution in [2.75, 3.05) is 31.8 Å². The summed E-state index contributed by atoms with van der Waals surface area (Å²) in [5.74, 6) is -0.393. The average molecular weight is 619 g/mol. The molecule has 2 aliphatic rings. The van der Waals surface area contributed by atoms with Gasteiger partial charge in [0.05, 0.1) is 13.2 Å². The van der Waals surface area contributed by atoms with Gasteiger partial charge in [0.15, 0.2) is 12.5 Å². The third-order valence-corrected chi connectivity index (χ3v) is 5.07. The van der Waals surface area contributed by atoms with Crippen LogP contribution >= 0.6 is 0 Å². The quantitative estimate of drug-likeness (QED) is 0.142. The van der Waals surface area contributed by atoms with Crippen LogP contribution in [0.5, 0.6) is 0 Å². The molecule has 0 saturated carbocycles. The summed E-state index contributed by atoms with van der Waals surface area (Å²) in [7, 11) is -3.67. The van der Waals surface area contributed by atoms with E-state index in [9.17, 15) is 30.0 Å². The monoisotopic (exact) mass is 618 g/mol. The Hall–Kier alpha value is -3.27. The van der Waals surface area contributed by atoms with Gasteiger partial charge in [-0.1, -0.05) is 0 Å². The van der Waals surface area contributed by atoms with E-state index >= 15 is 0 Å². The molecule has 234 valence electrons. The molecule has 2 fully saturated rings. The van der Waals surface area contributed by atoms with Crippen LogP contribution in [0.15, 0.2) is 22.2 Å². The van der Waals surface area contributed by atoms with Crippen LogP contribution in [-0.2, 0) is 19.9 Å². The molecule has 24 heteroatoms. The van der Waals surface area contributed by atoms with Crippen molar-refractivity contribution >= 4 is 22.3 Å². The van der Waals surface area contributed by atoms with Gasteiger partial charge >= 0.3 is 21.8 Å². The van der Waals surface area contributed by atoms with Gasteiger partial charge in [-0.25, -0.2) is 19.6 Å². The normalized spacial score (nSPS) is 28.8. The number of hydrogen-bond acceptors (Lipinski definition) is 19. The molecule has 0 radical (unpaired) electrons. The highest BCUT2D eigenvalue weighted by molar-refractivity contribution is 7.79. The summed E-state index contributed by atoms with van der Waals surface area (Å²) >= 11 is 0. The minimum atomic E-state index is -4.67. The van der Waals surface area contributed by atoms with Crippen LogP contribution in [-0.4, -0.2) is 139 Å². The molecule has 2 aromatic rings. The van der Waals surface area contributed by atoms with Crippen molar-refractivity contribution < 1.29 is 62.7 Å². The number of hydrogen-bond donors (Lipinski definition) is 11. The summed E-state index contributed by atoms with van der Waals surface area (Å²) < 4.78 is 43.7. The summed E-state index contributed by atoms with van der Waals surface area (Å²) in [4.78, 5) is 36.9. The first-order valence-electron chi connectivity index (χ1n) is 10.9. The van der Waals surface area contributed by atoms with E-state index in [4.69, 9.17) is 53.8 Å². The third kappa shape index (κ3) is 9.95. The number of aliphatic hydroxyl groups excluding tert-OH is 7. The van der Waals surface area contributed by atoms with E-state index in [2.05, 4.69) is 19.9 Å². The molecule has 0 aliphatic carbocycles. The van der Waals surface area contributed by atoms with Gasteiger partial charge in [-0.3, -0.25) is 18.2 Å². The highest BCUT2D eigenvalue weighted by Gasteiger charge is 2.44. The van der Waals surface area contributed by atoms with Gasteiger partial charge in [-0.2, -0.15) is 18.4 Å². The number of rotatable bonds is 4. The molecule has 0 amide bonds. The van der Waals surface area contributed by atoms with E-state index in [-0.39, 0.29) is 11.9 Å². The predicted octanol–water partition coefficient (Wildman–Crippen LogP) is -7.38. The molecule has 2 aliphatic heterocycles. The zero-order valence-corrected chi connectivity index (χ0v) is 21.7. The van der Waals surface area contributed by atoms with Crippen molar-refractivity contribution in [3.05, 3.63) is 33.6 Å². The van der Waals surface area contributed by atoms with Gasteiger partial charge < -0.3 is 56.7 Å². The van der Waals surface area contributed by atoms with Crippen LogP contribution in [0.1, 0.15) is 12.5 Å². The maximum Gasteiger partial charge on any atom is 0.394 e. The fraction of sp³-hybridized carbons (Fsp3) is 0.647.